The Morgan fingerprint density at radius 2 is 2.19 bits per heavy atom. The van der Waals surface area contributed by atoms with Crippen LogP contribution < -0.4 is 5.73 Å². The third-order valence-corrected chi connectivity index (χ3v) is 4.18. The number of rotatable bonds is 3. The first-order valence-corrected chi connectivity index (χ1v) is 6.33. The van der Waals surface area contributed by atoms with Gasteiger partial charge in [-0.15, -0.1) is 0 Å². The Labute approximate surface area is 95.6 Å². The molecule has 2 fully saturated rings. The molecule has 2 saturated carbocycles. The van der Waals surface area contributed by atoms with Gasteiger partial charge in [-0.2, -0.15) is 4.98 Å². The van der Waals surface area contributed by atoms with Gasteiger partial charge in [0.15, 0.2) is 5.82 Å². The van der Waals surface area contributed by atoms with Crippen molar-refractivity contribution in [3.8, 4) is 0 Å². The third kappa shape index (κ3) is 1.65. The van der Waals surface area contributed by atoms with Crippen LogP contribution in [0.3, 0.4) is 0 Å². The van der Waals surface area contributed by atoms with Crippen LogP contribution in [0.25, 0.3) is 0 Å². The number of nitrogens with two attached hydrogens (primary N) is 1. The Bertz CT molecular complexity index is 376. The zero-order valence-electron chi connectivity index (χ0n) is 9.72. The van der Waals surface area contributed by atoms with Crippen LogP contribution in [0, 0.1) is 11.8 Å². The summed E-state index contributed by atoms with van der Waals surface area (Å²) in [5, 5.41) is 4.12. The molecule has 1 aromatic heterocycles. The van der Waals surface area contributed by atoms with E-state index in [1.807, 2.05) is 0 Å². The van der Waals surface area contributed by atoms with Crippen LogP contribution in [0.15, 0.2) is 4.52 Å². The van der Waals surface area contributed by atoms with E-state index in [0.29, 0.717) is 17.8 Å². The van der Waals surface area contributed by atoms with Gasteiger partial charge < -0.3 is 10.3 Å². The number of nitrogens with zero attached hydrogens (tertiary/aromatic N) is 2. The predicted octanol–water partition coefficient (Wildman–Crippen LogP) is 2.04. The molecule has 2 aliphatic carbocycles. The summed E-state index contributed by atoms with van der Waals surface area (Å²) in [6, 6.07) is 0. The Hall–Kier alpha value is -0.900. The highest BCUT2D eigenvalue weighted by Gasteiger charge is 2.39. The normalized spacial score (nSPS) is 37.9. The standard InChI is InChI=1S/C12H19N3O/c1-7-5-10(7)11-14-12(16-15-11)9-4-2-3-8(9)6-13/h7-10H,2-6,13H2,1H3. The zero-order chi connectivity index (χ0) is 11.1. The first-order chi connectivity index (χ1) is 7.79. The van der Waals surface area contributed by atoms with Crippen molar-refractivity contribution in [2.45, 2.75) is 44.4 Å². The van der Waals surface area contributed by atoms with Crippen LogP contribution in [0.2, 0.25) is 0 Å². The molecule has 0 radical (unpaired) electrons. The van der Waals surface area contributed by atoms with Crippen molar-refractivity contribution < 1.29 is 4.52 Å². The van der Waals surface area contributed by atoms with Crippen LogP contribution in [-0.2, 0) is 0 Å². The summed E-state index contributed by atoms with van der Waals surface area (Å²) < 4.78 is 5.41. The average molecular weight is 221 g/mol. The molecule has 0 bridgehead atoms. The van der Waals surface area contributed by atoms with Crippen molar-refractivity contribution in [1.82, 2.24) is 10.1 Å². The molecule has 4 atom stereocenters. The SMILES string of the molecule is CC1CC1c1noc(C2CCCC2CN)n1. The predicted molar refractivity (Wildman–Crippen MR) is 60.0 cm³/mol. The molecule has 3 rings (SSSR count). The highest BCUT2D eigenvalue weighted by atomic mass is 16.5. The number of aromatic nitrogens is 2. The van der Waals surface area contributed by atoms with E-state index in [1.54, 1.807) is 0 Å². The molecule has 4 heteroatoms. The maximum Gasteiger partial charge on any atom is 0.230 e. The van der Waals surface area contributed by atoms with Gasteiger partial charge in [-0.05, 0) is 37.6 Å². The van der Waals surface area contributed by atoms with Crippen molar-refractivity contribution in [2.24, 2.45) is 17.6 Å². The molecule has 2 N–H and O–H groups in total. The lowest BCUT2D eigenvalue weighted by atomic mass is 9.96. The van der Waals surface area contributed by atoms with Crippen LogP contribution >= 0.6 is 0 Å². The fraction of sp³-hybridized carbons (Fsp3) is 0.833. The molecule has 0 aromatic carbocycles. The molecule has 88 valence electrons. The Morgan fingerprint density at radius 1 is 1.38 bits per heavy atom. The highest BCUT2D eigenvalue weighted by Crippen LogP contribution is 2.46. The second kappa shape index (κ2) is 3.84. The number of hydrogen-bond donors (Lipinski definition) is 1. The van der Waals surface area contributed by atoms with E-state index in [0.717, 1.165) is 30.6 Å². The second-order valence-corrected chi connectivity index (χ2v) is 5.34. The van der Waals surface area contributed by atoms with E-state index in [1.165, 1.54) is 19.3 Å². The van der Waals surface area contributed by atoms with Crippen molar-refractivity contribution in [3.63, 3.8) is 0 Å². The molecule has 0 spiro atoms. The fourth-order valence-electron chi connectivity index (χ4n) is 2.87. The van der Waals surface area contributed by atoms with Gasteiger partial charge in [0.1, 0.15) is 0 Å². The van der Waals surface area contributed by atoms with Crippen LogP contribution in [0.4, 0.5) is 0 Å². The van der Waals surface area contributed by atoms with E-state index >= 15 is 0 Å². The second-order valence-electron chi connectivity index (χ2n) is 5.34. The largest absolute Gasteiger partial charge is 0.339 e. The van der Waals surface area contributed by atoms with Crippen LogP contribution in [0.1, 0.15) is 56.2 Å². The van der Waals surface area contributed by atoms with Crippen molar-refractivity contribution in [1.29, 1.82) is 0 Å². The Balaban J connectivity index is 1.76. The molecule has 1 heterocycles. The lowest BCUT2D eigenvalue weighted by Gasteiger charge is -2.12. The summed E-state index contributed by atoms with van der Waals surface area (Å²) in [5.41, 5.74) is 5.77. The first-order valence-electron chi connectivity index (χ1n) is 6.33. The van der Waals surface area contributed by atoms with Gasteiger partial charge in [0.05, 0.1) is 0 Å². The molecular weight excluding hydrogens is 202 g/mol. The van der Waals surface area contributed by atoms with Gasteiger partial charge in [-0.1, -0.05) is 18.5 Å². The van der Waals surface area contributed by atoms with Crippen molar-refractivity contribution >= 4 is 0 Å². The molecule has 0 amide bonds. The topological polar surface area (TPSA) is 64.9 Å². The number of hydrogen-bond acceptors (Lipinski definition) is 4. The van der Waals surface area contributed by atoms with Crippen LogP contribution in [0.5, 0.6) is 0 Å². The molecule has 0 saturated heterocycles. The molecular formula is C12H19N3O. The van der Waals surface area contributed by atoms with Gasteiger partial charge >= 0.3 is 0 Å². The van der Waals surface area contributed by atoms with E-state index in [4.69, 9.17) is 10.3 Å². The van der Waals surface area contributed by atoms with Gasteiger partial charge in [0.2, 0.25) is 5.89 Å². The molecule has 0 aliphatic heterocycles. The minimum absolute atomic E-state index is 0.417. The minimum atomic E-state index is 0.417. The van der Waals surface area contributed by atoms with E-state index < -0.39 is 0 Å². The first kappa shape index (κ1) is 10.3. The quantitative estimate of drug-likeness (QED) is 0.848. The molecule has 2 aliphatic rings. The molecule has 1 aromatic rings. The van der Waals surface area contributed by atoms with Gasteiger partial charge in [-0.25, -0.2) is 0 Å². The summed E-state index contributed by atoms with van der Waals surface area (Å²) in [4.78, 5) is 4.57. The molecule has 16 heavy (non-hydrogen) atoms. The highest BCUT2D eigenvalue weighted by molar-refractivity contribution is 5.09. The van der Waals surface area contributed by atoms with E-state index in [9.17, 15) is 0 Å². The summed E-state index contributed by atoms with van der Waals surface area (Å²) in [5.74, 6) is 4.01. The van der Waals surface area contributed by atoms with Gasteiger partial charge in [0.25, 0.3) is 0 Å². The third-order valence-electron chi connectivity index (χ3n) is 4.18. The van der Waals surface area contributed by atoms with Gasteiger partial charge in [0, 0.05) is 11.8 Å². The average Bonchev–Trinajstić information content (AvgIpc) is 2.78. The monoisotopic (exact) mass is 221 g/mol. The van der Waals surface area contributed by atoms with Crippen molar-refractivity contribution in [3.05, 3.63) is 11.7 Å². The summed E-state index contributed by atoms with van der Waals surface area (Å²) in [6.07, 6.45) is 4.82. The van der Waals surface area contributed by atoms with E-state index in [-0.39, 0.29) is 0 Å². The maximum atomic E-state index is 5.77. The summed E-state index contributed by atoms with van der Waals surface area (Å²) in [6.45, 7) is 2.97. The summed E-state index contributed by atoms with van der Waals surface area (Å²) >= 11 is 0. The van der Waals surface area contributed by atoms with E-state index in [2.05, 4.69) is 17.1 Å². The fourth-order valence-corrected chi connectivity index (χ4v) is 2.87. The van der Waals surface area contributed by atoms with Crippen molar-refractivity contribution in [2.75, 3.05) is 6.54 Å². The Kier molecular flexibility index (Phi) is 2.46. The zero-order valence-corrected chi connectivity index (χ0v) is 9.72. The van der Waals surface area contributed by atoms with Gasteiger partial charge in [-0.3, -0.25) is 0 Å². The Morgan fingerprint density at radius 3 is 2.88 bits per heavy atom. The van der Waals surface area contributed by atoms with Crippen LogP contribution in [-0.4, -0.2) is 16.7 Å². The molecule has 4 nitrogen and oxygen atoms in total. The summed E-state index contributed by atoms with van der Waals surface area (Å²) in [7, 11) is 0. The smallest absolute Gasteiger partial charge is 0.230 e. The molecule has 4 unspecified atom stereocenters. The lowest BCUT2D eigenvalue weighted by Crippen LogP contribution is -2.17. The minimum Gasteiger partial charge on any atom is -0.339 e. The lowest BCUT2D eigenvalue weighted by molar-refractivity contribution is 0.323. The maximum absolute atomic E-state index is 5.77.